The highest BCUT2D eigenvalue weighted by Crippen LogP contribution is 2.37. The summed E-state index contributed by atoms with van der Waals surface area (Å²) in [7, 11) is 0. The quantitative estimate of drug-likeness (QED) is 0.209. The van der Waals surface area contributed by atoms with Crippen LogP contribution in [0.1, 0.15) is 56.3 Å². The van der Waals surface area contributed by atoms with Gasteiger partial charge in [-0.2, -0.15) is 22.0 Å². The summed E-state index contributed by atoms with van der Waals surface area (Å²) in [5.41, 5.74) is 0.696. The van der Waals surface area contributed by atoms with Crippen molar-refractivity contribution in [1.82, 2.24) is 20.4 Å². The van der Waals surface area contributed by atoms with Crippen molar-refractivity contribution in [3.8, 4) is 0 Å². The number of nitrogens with zero attached hydrogens (tertiary/aromatic N) is 2. The Bertz CT molecular complexity index is 1220. The van der Waals surface area contributed by atoms with E-state index < -0.39 is 72.0 Å². The number of alkyl halides is 5. The first kappa shape index (κ1) is 36.3. The molecular formula is C29H39F5N4O7. The first-order chi connectivity index (χ1) is 20.9. The number of Topliss-reactive ketones (excluding diaryl/α,β-unsaturated/α-hetero) is 1. The number of likely N-dealkylation sites (tertiary alicyclic amines) is 1. The molecule has 11 nitrogen and oxygen atoms in total. The fourth-order valence-electron chi connectivity index (χ4n) is 5.18. The van der Waals surface area contributed by atoms with E-state index in [2.05, 4.69) is 5.32 Å². The van der Waals surface area contributed by atoms with Gasteiger partial charge in [-0.3, -0.25) is 24.5 Å². The molecule has 2 saturated heterocycles. The molecule has 0 spiro atoms. The number of halogens is 5. The van der Waals surface area contributed by atoms with Crippen molar-refractivity contribution in [2.24, 2.45) is 11.8 Å². The molecule has 2 unspecified atom stereocenters. The van der Waals surface area contributed by atoms with E-state index in [0.717, 1.165) is 4.90 Å². The number of nitrogens with one attached hydrogen (secondary N) is 2. The molecule has 0 radical (unpaired) electrons. The van der Waals surface area contributed by atoms with Gasteiger partial charge in [0.25, 0.3) is 5.91 Å². The number of hydrogen-bond donors (Lipinski definition) is 4. The molecule has 45 heavy (non-hydrogen) atoms. The number of β-amino-alcohol motifs (C(OH)–C–C–N with tert-alkyl or cyclic N) is 1. The van der Waals surface area contributed by atoms with E-state index in [1.807, 2.05) is 5.32 Å². The number of ether oxygens (including phenoxy) is 1. The third-order valence-electron chi connectivity index (χ3n) is 7.82. The Morgan fingerprint density at radius 3 is 2.00 bits per heavy atom. The minimum absolute atomic E-state index is 0.206. The molecule has 3 amide bonds. The van der Waals surface area contributed by atoms with Crippen LogP contribution in [0.2, 0.25) is 0 Å². The van der Waals surface area contributed by atoms with Gasteiger partial charge < -0.3 is 30.1 Å². The molecule has 4 N–H and O–H groups in total. The summed E-state index contributed by atoms with van der Waals surface area (Å²) in [5.74, 6) is -12.1. The lowest BCUT2D eigenvalue weighted by Crippen LogP contribution is -2.60. The zero-order valence-electron chi connectivity index (χ0n) is 25.3. The van der Waals surface area contributed by atoms with Crippen LogP contribution in [0.5, 0.6) is 0 Å². The minimum Gasteiger partial charge on any atom is -0.391 e. The summed E-state index contributed by atoms with van der Waals surface area (Å²) in [6.07, 6.45) is -9.19. The van der Waals surface area contributed by atoms with Gasteiger partial charge in [0, 0.05) is 31.6 Å². The van der Waals surface area contributed by atoms with Gasteiger partial charge in [0.05, 0.1) is 31.4 Å². The van der Waals surface area contributed by atoms with Crippen molar-refractivity contribution < 1.29 is 56.1 Å². The first-order valence-electron chi connectivity index (χ1n) is 14.6. The minimum atomic E-state index is -6.18. The number of ketones is 1. The van der Waals surface area contributed by atoms with Crippen LogP contribution in [0.4, 0.5) is 22.0 Å². The van der Waals surface area contributed by atoms with E-state index in [0.29, 0.717) is 37.4 Å². The lowest BCUT2D eigenvalue weighted by atomic mass is 9.95. The highest BCUT2D eigenvalue weighted by atomic mass is 19.4. The lowest BCUT2D eigenvalue weighted by molar-refractivity contribution is -0.270. The van der Waals surface area contributed by atoms with E-state index in [-0.39, 0.29) is 18.9 Å². The second-order valence-corrected chi connectivity index (χ2v) is 11.9. The highest BCUT2D eigenvalue weighted by Gasteiger charge is 2.65. The smallest absolute Gasteiger partial charge is 0.391 e. The van der Waals surface area contributed by atoms with Gasteiger partial charge >= 0.3 is 12.1 Å². The van der Waals surface area contributed by atoms with Crippen LogP contribution in [0.25, 0.3) is 0 Å². The maximum atomic E-state index is 13.8. The van der Waals surface area contributed by atoms with Crippen LogP contribution < -0.4 is 10.6 Å². The molecule has 2 aliphatic heterocycles. The Balaban J connectivity index is 1.74. The molecule has 0 saturated carbocycles. The van der Waals surface area contributed by atoms with Gasteiger partial charge in [0.1, 0.15) is 12.3 Å². The molecule has 16 heteroatoms. The summed E-state index contributed by atoms with van der Waals surface area (Å²) in [6, 6.07) is 1.18. The molecule has 1 aromatic carbocycles. The molecular weight excluding hydrogens is 611 g/mol. The van der Waals surface area contributed by atoms with Gasteiger partial charge in [-0.05, 0) is 29.5 Å². The number of hydrogen-bond acceptors (Lipinski definition) is 8. The molecule has 5 atom stereocenters. The number of carbonyl (C=O) groups is 4. The van der Waals surface area contributed by atoms with E-state index in [4.69, 9.17) is 4.74 Å². The summed E-state index contributed by atoms with van der Waals surface area (Å²) in [6.45, 7) is 7.01. The van der Waals surface area contributed by atoms with Crippen LogP contribution in [-0.4, -0.2) is 113 Å². The highest BCUT2D eigenvalue weighted by molar-refractivity contribution is 5.97. The molecule has 1 aromatic rings. The van der Waals surface area contributed by atoms with Crippen LogP contribution in [0.15, 0.2) is 24.3 Å². The van der Waals surface area contributed by atoms with Gasteiger partial charge in [-0.1, -0.05) is 39.8 Å². The Morgan fingerprint density at radius 1 is 0.933 bits per heavy atom. The second kappa shape index (κ2) is 14.5. The Hall–Kier alpha value is -3.21. The first-order valence-corrected chi connectivity index (χ1v) is 14.6. The Morgan fingerprint density at radius 2 is 1.49 bits per heavy atom. The number of benzene rings is 1. The number of aliphatic hydroxyl groups is 2. The summed E-state index contributed by atoms with van der Waals surface area (Å²) in [4.78, 5) is 54.3. The van der Waals surface area contributed by atoms with Crippen LogP contribution in [-0.2, 0) is 19.1 Å². The molecule has 3 rings (SSSR count). The van der Waals surface area contributed by atoms with Crippen molar-refractivity contribution in [3.63, 3.8) is 0 Å². The van der Waals surface area contributed by atoms with Crippen LogP contribution >= 0.6 is 0 Å². The standard InChI is InChI=1S/C29H39F5N4O7/c1-15(2)21(23(40)28(30,31)29(32,33)34)35-25(42)20-13-19(39)14-38(20)27(44)22(16(3)4)36-24(41)17-5-7-18(8-6-17)26(43)37-9-11-45-12-10-37/h5-8,15-16,19-22,24,36,39,41H,9-14H2,1-4H3,(H,35,42)/t19-,20+,21?,22+,24?/m1/s1. The SMILES string of the molecule is CC(C)C(NC(=O)[C@@H]1C[C@@H](O)CN1C(=O)[C@@H](NC(O)c1ccc(C(=O)N2CCOCC2)cc1)C(C)C)C(=O)C(F)(F)C(F)(F)F. The van der Waals surface area contributed by atoms with Crippen LogP contribution in [0.3, 0.4) is 0 Å². The van der Waals surface area contributed by atoms with E-state index in [1.165, 1.54) is 38.1 Å². The molecule has 2 fully saturated rings. The summed E-state index contributed by atoms with van der Waals surface area (Å²) < 4.78 is 71.6. The third-order valence-corrected chi connectivity index (χ3v) is 7.82. The van der Waals surface area contributed by atoms with E-state index in [9.17, 15) is 51.3 Å². The van der Waals surface area contributed by atoms with Crippen molar-refractivity contribution in [1.29, 1.82) is 0 Å². The number of morpholine rings is 1. The van der Waals surface area contributed by atoms with Gasteiger partial charge in [-0.25, -0.2) is 0 Å². The predicted octanol–water partition coefficient (Wildman–Crippen LogP) is 1.63. The average Bonchev–Trinajstić information content (AvgIpc) is 3.38. The third kappa shape index (κ3) is 8.34. The van der Waals surface area contributed by atoms with Crippen molar-refractivity contribution >= 4 is 23.5 Å². The van der Waals surface area contributed by atoms with Crippen molar-refractivity contribution in [3.05, 3.63) is 35.4 Å². The number of rotatable bonds is 11. The fraction of sp³-hybridized carbons (Fsp3) is 0.655. The molecule has 0 aromatic heterocycles. The van der Waals surface area contributed by atoms with Crippen molar-refractivity contribution in [2.45, 2.75) is 76.7 Å². The van der Waals surface area contributed by atoms with Gasteiger partial charge in [0.2, 0.25) is 17.6 Å². The topological polar surface area (TPSA) is 149 Å². The maximum Gasteiger partial charge on any atom is 0.461 e. The molecule has 0 bridgehead atoms. The zero-order valence-corrected chi connectivity index (χ0v) is 25.3. The van der Waals surface area contributed by atoms with Crippen LogP contribution in [0, 0.1) is 11.8 Å². The summed E-state index contributed by atoms with van der Waals surface area (Å²) >= 11 is 0. The fourth-order valence-corrected chi connectivity index (χ4v) is 5.18. The molecule has 2 heterocycles. The monoisotopic (exact) mass is 650 g/mol. The number of carbonyl (C=O) groups excluding carboxylic acids is 4. The molecule has 252 valence electrons. The predicted molar refractivity (Wildman–Crippen MR) is 149 cm³/mol. The van der Waals surface area contributed by atoms with Gasteiger partial charge in [0.15, 0.2) is 0 Å². The lowest BCUT2D eigenvalue weighted by Gasteiger charge is -2.33. The molecule has 0 aliphatic carbocycles. The van der Waals surface area contributed by atoms with Crippen molar-refractivity contribution in [2.75, 3.05) is 32.8 Å². The second-order valence-electron chi connectivity index (χ2n) is 11.9. The van der Waals surface area contributed by atoms with Gasteiger partial charge in [-0.15, -0.1) is 0 Å². The Labute approximate surface area is 257 Å². The summed E-state index contributed by atoms with van der Waals surface area (Å²) in [5, 5.41) is 25.9. The molecule has 2 aliphatic rings. The normalized spacial score (nSPS) is 21.5. The average molecular weight is 651 g/mol. The zero-order chi connectivity index (χ0) is 33.9. The number of amides is 3. The largest absolute Gasteiger partial charge is 0.461 e. The number of aliphatic hydroxyl groups excluding tert-OH is 2. The van der Waals surface area contributed by atoms with E-state index in [1.54, 1.807) is 18.7 Å². The Kier molecular flexibility index (Phi) is 11.7. The maximum absolute atomic E-state index is 13.8. The van der Waals surface area contributed by atoms with E-state index >= 15 is 0 Å².